The van der Waals surface area contributed by atoms with Crippen LogP contribution in [0.5, 0.6) is 0 Å². The Kier molecular flexibility index (Phi) is 17.8. The topological polar surface area (TPSA) is 243 Å². The van der Waals surface area contributed by atoms with E-state index < -0.39 is 99.1 Å². The Hall–Kier alpha value is -3.54. The van der Waals surface area contributed by atoms with Crippen LogP contribution in [-0.2, 0) is 45.3 Å². The van der Waals surface area contributed by atoms with Crippen LogP contribution < -0.4 is 32.3 Å². The summed E-state index contributed by atoms with van der Waals surface area (Å²) in [7, 11) is -4.24. The molecule has 15 nitrogen and oxygen atoms in total. The minimum atomic E-state index is -4.24. The molecule has 0 aliphatic carbocycles. The third-order valence-electron chi connectivity index (χ3n) is 7.19. The summed E-state index contributed by atoms with van der Waals surface area (Å²) < 4.78 is 30.5. The first kappa shape index (κ1) is 42.5. The maximum absolute atomic E-state index is 13.6. The molecular formula is C31H50N6O9S2. The largest absolute Gasteiger partial charge is 0.346 e. The molecule has 270 valence electrons. The quantitative estimate of drug-likeness (QED) is 0.0727. The molecule has 0 aliphatic heterocycles. The summed E-state index contributed by atoms with van der Waals surface area (Å²) in [5, 5.41) is 12.4. The summed E-state index contributed by atoms with van der Waals surface area (Å²) in [4.78, 5) is 77.6. The summed E-state index contributed by atoms with van der Waals surface area (Å²) >= 11 is 0.624. The third-order valence-corrected chi connectivity index (χ3v) is 9.05. The van der Waals surface area contributed by atoms with Gasteiger partial charge in [-0.25, -0.2) is 0 Å². The van der Waals surface area contributed by atoms with Crippen molar-refractivity contribution >= 4 is 56.5 Å². The van der Waals surface area contributed by atoms with Crippen LogP contribution in [0.15, 0.2) is 30.3 Å². The minimum absolute atomic E-state index is 0.0477. The first-order valence-electron chi connectivity index (χ1n) is 15.6. The number of nitrogens with one attached hydrogen (secondary N) is 5. The first-order valence-corrected chi connectivity index (χ1v) is 18.2. The summed E-state index contributed by atoms with van der Waals surface area (Å²) in [6.07, 6.45) is 0.0477. The molecule has 8 N–H and O–H groups in total. The molecule has 0 saturated heterocycles. The molecule has 0 unspecified atom stereocenters. The number of benzene rings is 1. The fourth-order valence-electron chi connectivity index (χ4n) is 4.18. The highest BCUT2D eigenvalue weighted by Gasteiger charge is 2.33. The summed E-state index contributed by atoms with van der Waals surface area (Å²) in [5.74, 6) is -5.00. The van der Waals surface area contributed by atoms with Crippen LogP contribution in [0.1, 0.15) is 54.0 Å². The van der Waals surface area contributed by atoms with Crippen LogP contribution in [0.25, 0.3) is 0 Å². The van der Waals surface area contributed by atoms with E-state index in [1.807, 2.05) is 0 Å². The third kappa shape index (κ3) is 15.6. The van der Waals surface area contributed by atoms with Crippen LogP contribution in [0.3, 0.4) is 0 Å². The van der Waals surface area contributed by atoms with Crippen molar-refractivity contribution in [3.63, 3.8) is 0 Å². The van der Waals surface area contributed by atoms with Crippen molar-refractivity contribution in [2.75, 3.05) is 18.1 Å². The number of carbonyl (C=O) groups excluding carboxylic acids is 6. The second-order valence-corrected chi connectivity index (χ2v) is 15.2. The van der Waals surface area contributed by atoms with E-state index in [2.05, 4.69) is 26.6 Å². The van der Waals surface area contributed by atoms with Crippen molar-refractivity contribution in [3.05, 3.63) is 35.9 Å². The maximum atomic E-state index is 13.6. The number of thioether (sulfide) groups is 1. The molecule has 5 atom stereocenters. The fourth-order valence-corrected chi connectivity index (χ4v) is 5.76. The van der Waals surface area contributed by atoms with E-state index in [0.717, 1.165) is 0 Å². The second kappa shape index (κ2) is 20.1. The number of rotatable bonds is 19. The minimum Gasteiger partial charge on any atom is -0.346 e. The molecule has 0 radical (unpaired) electrons. The highest BCUT2D eigenvalue weighted by atomic mass is 32.2. The van der Waals surface area contributed by atoms with Crippen LogP contribution in [-0.4, -0.2) is 95.9 Å². The Morgan fingerprint density at radius 3 is 1.79 bits per heavy atom. The summed E-state index contributed by atoms with van der Waals surface area (Å²) in [5.41, 5.74) is 6.58. The van der Waals surface area contributed by atoms with Gasteiger partial charge in [-0.3, -0.25) is 33.3 Å². The predicted molar refractivity (Wildman–Crippen MR) is 183 cm³/mol. The molecule has 5 amide bonds. The monoisotopic (exact) mass is 715 g/mol. The molecular weight excluding hydrogens is 666 g/mol. The van der Waals surface area contributed by atoms with Crippen molar-refractivity contribution in [3.8, 4) is 0 Å². The number of hydrogen-bond acceptors (Lipinski definition) is 10. The van der Waals surface area contributed by atoms with E-state index in [0.29, 0.717) is 17.3 Å². The molecule has 48 heavy (non-hydrogen) atoms. The second-order valence-electron chi connectivity index (χ2n) is 12.4. The van der Waals surface area contributed by atoms with E-state index in [-0.39, 0.29) is 18.1 Å². The number of nitrogens with two attached hydrogens (primary N) is 1. The number of amides is 5. The molecule has 0 bridgehead atoms. The molecule has 0 aromatic heterocycles. The van der Waals surface area contributed by atoms with Gasteiger partial charge >= 0.3 is 0 Å². The van der Waals surface area contributed by atoms with Crippen molar-refractivity contribution in [1.82, 2.24) is 26.6 Å². The Balaban J connectivity index is 3.08. The zero-order valence-electron chi connectivity index (χ0n) is 28.4. The van der Waals surface area contributed by atoms with Gasteiger partial charge in [0.2, 0.25) is 34.7 Å². The van der Waals surface area contributed by atoms with Gasteiger partial charge in [0.25, 0.3) is 10.1 Å². The molecule has 0 spiro atoms. The molecule has 0 fully saturated rings. The van der Waals surface area contributed by atoms with Gasteiger partial charge in [0, 0.05) is 12.2 Å². The van der Waals surface area contributed by atoms with Crippen LogP contribution in [0.4, 0.5) is 0 Å². The standard InChI is InChI=1S/C31H50N6O9S2/c1-17(2)24(32)29(41)34-20(7)27(39)36-26(19(5)6)31(43)35-22(15-21-11-9-8-10-12-21)28(40)37-25(18(3)4)30(42)33-16-23(38)47-13-14-48(44,45)46/h8-12,17-20,22,24-26H,13-16,32H2,1-7H3,(H,33,42)(H,34,41)(H,35,43)(H,36,39)(H,37,40)(H,44,45,46)/t20-,22-,24-,25-,26-/m0/s1/i23+1. The Morgan fingerprint density at radius 1 is 0.729 bits per heavy atom. The van der Waals surface area contributed by atoms with Gasteiger partial charge in [-0.1, -0.05) is 83.6 Å². The van der Waals surface area contributed by atoms with E-state index in [1.165, 1.54) is 6.92 Å². The fraction of sp³-hybridized carbons (Fsp3) is 0.613. The van der Waals surface area contributed by atoms with Gasteiger partial charge < -0.3 is 32.3 Å². The first-order chi connectivity index (χ1) is 22.2. The van der Waals surface area contributed by atoms with Gasteiger partial charge in [-0.2, -0.15) is 8.42 Å². The smallest absolute Gasteiger partial charge is 0.265 e. The molecule has 1 aromatic rings. The Morgan fingerprint density at radius 2 is 1.27 bits per heavy atom. The van der Waals surface area contributed by atoms with E-state index in [4.69, 9.17) is 10.3 Å². The highest BCUT2D eigenvalue weighted by Crippen LogP contribution is 2.10. The van der Waals surface area contributed by atoms with Crippen molar-refractivity contribution < 1.29 is 41.7 Å². The number of carbonyl (C=O) groups is 6. The SMILES string of the molecule is CC(C)[C@H](N)C(=O)N[C@@H](C)C(=O)N[C@H](C(=O)N[C@@H](Cc1ccccc1)C(=O)N[C@H](C(=O)NC[13C](=O)SCCS(=O)(=O)O)C(C)C)C(C)C. The lowest BCUT2D eigenvalue weighted by atomic mass is 9.99. The molecule has 0 aliphatic rings. The van der Waals surface area contributed by atoms with Crippen molar-refractivity contribution in [1.29, 1.82) is 0 Å². The van der Waals surface area contributed by atoms with Crippen LogP contribution in [0, 0.1) is 17.8 Å². The predicted octanol–water partition coefficient (Wildman–Crippen LogP) is -0.253. The van der Waals surface area contributed by atoms with Gasteiger partial charge in [0.1, 0.15) is 24.2 Å². The van der Waals surface area contributed by atoms with Gasteiger partial charge in [-0.05, 0) is 30.2 Å². The average molecular weight is 716 g/mol. The lowest BCUT2D eigenvalue weighted by Gasteiger charge is -2.28. The number of hydrogen-bond donors (Lipinski definition) is 7. The molecule has 17 heteroatoms. The maximum Gasteiger partial charge on any atom is 0.265 e. The summed E-state index contributed by atoms with van der Waals surface area (Å²) in [6.45, 7) is 11.3. The molecule has 1 rings (SSSR count). The van der Waals surface area contributed by atoms with Gasteiger partial charge in [0.05, 0.1) is 18.3 Å². The normalized spacial score (nSPS) is 14.8. The molecule has 0 saturated carbocycles. The zero-order chi connectivity index (χ0) is 36.8. The Labute approximate surface area is 286 Å². The zero-order valence-corrected chi connectivity index (χ0v) is 30.1. The van der Waals surface area contributed by atoms with E-state index >= 15 is 0 Å². The Bertz CT molecular complexity index is 1370. The van der Waals surface area contributed by atoms with Crippen LogP contribution in [0.2, 0.25) is 0 Å². The molecule has 1 aromatic carbocycles. The van der Waals surface area contributed by atoms with Crippen molar-refractivity contribution in [2.24, 2.45) is 23.5 Å². The summed E-state index contributed by atoms with van der Waals surface area (Å²) in [6, 6.07) is 3.65. The van der Waals surface area contributed by atoms with E-state index in [1.54, 1.807) is 71.9 Å². The highest BCUT2D eigenvalue weighted by molar-refractivity contribution is 8.14. The van der Waals surface area contributed by atoms with Crippen LogP contribution >= 0.6 is 11.8 Å². The van der Waals surface area contributed by atoms with Gasteiger partial charge in [-0.15, -0.1) is 0 Å². The van der Waals surface area contributed by atoms with Crippen molar-refractivity contribution in [2.45, 2.75) is 85.1 Å². The average Bonchev–Trinajstić information content (AvgIpc) is 2.99. The lowest BCUT2D eigenvalue weighted by Crippen LogP contribution is -2.60. The van der Waals surface area contributed by atoms with E-state index in [9.17, 15) is 37.2 Å². The lowest BCUT2D eigenvalue weighted by molar-refractivity contribution is -0.135. The molecule has 0 heterocycles. The van der Waals surface area contributed by atoms with Gasteiger partial charge in [0.15, 0.2) is 0 Å².